The smallest absolute Gasteiger partial charge is 0.211 e. The second-order valence-electron chi connectivity index (χ2n) is 6.67. The molecule has 0 saturated carbocycles. The quantitative estimate of drug-likeness (QED) is 0.617. The van der Waals surface area contributed by atoms with Gasteiger partial charge < -0.3 is 14.4 Å². The van der Waals surface area contributed by atoms with E-state index in [4.69, 9.17) is 4.74 Å². The number of aliphatic hydroxyl groups excluding tert-OH is 1. The number of hydrogen-bond acceptors (Lipinski definition) is 4. The first kappa shape index (κ1) is 20.7. The topological polar surface area (TPSA) is 71.8 Å². The Morgan fingerprint density at radius 3 is 2.64 bits per heavy atom. The molecule has 6 nitrogen and oxygen atoms in total. The zero-order valence-electron chi connectivity index (χ0n) is 15.6. The van der Waals surface area contributed by atoms with Crippen LogP contribution in [0.3, 0.4) is 0 Å². The van der Waals surface area contributed by atoms with Crippen molar-refractivity contribution in [1.82, 2.24) is 8.87 Å². The number of sulfonamides is 1. The average molecular weight is 412 g/mol. The lowest BCUT2D eigenvalue weighted by Gasteiger charge is -2.23. The normalized spacial score (nSPS) is 13.6. The fourth-order valence-corrected chi connectivity index (χ4v) is 4.21. The van der Waals surface area contributed by atoms with Crippen molar-refractivity contribution in [2.24, 2.45) is 0 Å². The monoisotopic (exact) mass is 412 g/mol. The Balaban J connectivity index is 1.98. The zero-order valence-corrected chi connectivity index (χ0v) is 16.4. The highest BCUT2D eigenvalue weighted by atomic mass is 32.2. The number of ether oxygens (including phenoxy) is 1. The molecule has 0 aliphatic heterocycles. The first-order chi connectivity index (χ1) is 13.2. The summed E-state index contributed by atoms with van der Waals surface area (Å²) < 4.78 is 59.8. The molecule has 1 unspecified atom stereocenters. The maximum absolute atomic E-state index is 14.4. The molecule has 0 bridgehead atoms. The predicted molar refractivity (Wildman–Crippen MR) is 104 cm³/mol. The summed E-state index contributed by atoms with van der Waals surface area (Å²) in [5.74, 6) is -0.926. The third-order valence-corrected chi connectivity index (χ3v) is 5.89. The minimum absolute atomic E-state index is 0.0219. The summed E-state index contributed by atoms with van der Waals surface area (Å²) >= 11 is 0. The van der Waals surface area contributed by atoms with Gasteiger partial charge in [-0.25, -0.2) is 17.2 Å². The Kier molecular flexibility index (Phi) is 5.99. The molecular formula is C19H22F2N2O4S. The molecule has 0 aliphatic carbocycles. The van der Waals surface area contributed by atoms with E-state index in [-0.39, 0.29) is 26.2 Å². The Labute approximate surface area is 162 Å². The van der Waals surface area contributed by atoms with E-state index in [1.807, 2.05) is 0 Å². The molecule has 0 saturated heterocycles. The second-order valence-corrected chi connectivity index (χ2v) is 8.66. The summed E-state index contributed by atoms with van der Waals surface area (Å²) in [6, 6.07) is 8.58. The lowest BCUT2D eigenvalue weighted by Crippen LogP contribution is -2.40. The summed E-state index contributed by atoms with van der Waals surface area (Å²) in [6.45, 7) is 0.105. The van der Waals surface area contributed by atoms with Crippen molar-refractivity contribution < 1.29 is 27.0 Å². The molecule has 1 atom stereocenters. The van der Waals surface area contributed by atoms with Crippen LogP contribution < -0.4 is 0 Å². The molecule has 0 aliphatic rings. The van der Waals surface area contributed by atoms with Crippen LogP contribution in [0.5, 0.6) is 0 Å². The molecule has 3 aromatic rings. The fraction of sp³-hybridized carbons (Fsp3) is 0.368. The standard InChI is InChI=1S/C19H22F2N2O4S/c1-27-9-8-22(28(2,25)26)11-14(24)12-23-17-5-3-4-16(21)19(17)15-7-6-13(20)10-18(15)23/h3-7,10,14,24H,8-9,11-12H2,1-2H3. The van der Waals surface area contributed by atoms with E-state index >= 15 is 0 Å². The summed E-state index contributed by atoms with van der Waals surface area (Å²) in [5, 5.41) is 11.4. The van der Waals surface area contributed by atoms with Gasteiger partial charge in [0.2, 0.25) is 10.0 Å². The Bertz CT molecular complexity index is 1100. The first-order valence-electron chi connectivity index (χ1n) is 8.70. The molecular weight excluding hydrogens is 390 g/mol. The highest BCUT2D eigenvalue weighted by Gasteiger charge is 2.22. The van der Waals surface area contributed by atoms with Crippen LogP contribution in [0.25, 0.3) is 21.8 Å². The number of aliphatic hydroxyl groups is 1. The maximum Gasteiger partial charge on any atom is 0.211 e. The van der Waals surface area contributed by atoms with Gasteiger partial charge in [-0.05, 0) is 30.3 Å². The van der Waals surface area contributed by atoms with E-state index < -0.39 is 27.8 Å². The summed E-state index contributed by atoms with van der Waals surface area (Å²) in [7, 11) is -2.09. The lowest BCUT2D eigenvalue weighted by atomic mass is 10.1. The number of methoxy groups -OCH3 is 1. The van der Waals surface area contributed by atoms with Gasteiger partial charge in [0.05, 0.1) is 36.5 Å². The highest BCUT2D eigenvalue weighted by molar-refractivity contribution is 7.88. The predicted octanol–water partition coefficient (Wildman–Crippen LogP) is 2.34. The largest absolute Gasteiger partial charge is 0.390 e. The number of aromatic nitrogens is 1. The molecule has 2 aromatic carbocycles. The maximum atomic E-state index is 14.4. The molecule has 28 heavy (non-hydrogen) atoms. The van der Waals surface area contributed by atoms with Gasteiger partial charge in [0.15, 0.2) is 0 Å². The van der Waals surface area contributed by atoms with Crippen LogP contribution >= 0.6 is 0 Å². The Morgan fingerprint density at radius 1 is 1.21 bits per heavy atom. The van der Waals surface area contributed by atoms with Crippen LogP contribution in [0.4, 0.5) is 8.78 Å². The summed E-state index contributed by atoms with van der Waals surface area (Å²) in [6.07, 6.45) is -0.0300. The first-order valence-corrected chi connectivity index (χ1v) is 10.5. The van der Waals surface area contributed by atoms with E-state index in [1.54, 1.807) is 10.6 Å². The minimum Gasteiger partial charge on any atom is -0.390 e. The van der Waals surface area contributed by atoms with Crippen molar-refractivity contribution in [2.75, 3.05) is 33.1 Å². The van der Waals surface area contributed by atoms with Crippen LogP contribution in [0, 0.1) is 11.6 Å². The number of fused-ring (bicyclic) bond motifs is 3. The SMILES string of the molecule is COCCN(CC(O)Cn1c2cc(F)ccc2c2c(F)cccc21)S(C)(=O)=O. The lowest BCUT2D eigenvalue weighted by molar-refractivity contribution is 0.115. The van der Waals surface area contributed by atoms with Crippen molar-refractivity contribution in [3.63, 3.8) is 0 Å². The van der Waals surface area contributed by atoms with Gasteiger partial charge in [0.25, 0.3) is 0 Å². The van der Waals surface area contributed by atoms with Crippen molar-refractivity contribution >= 4 is 31.8 Å². The molecule has 1 heterocycles. The van der Waals surface area contributed by atoms with E-state index in [0.29, 0.717) is 21.8 Å². The van der Waals surface area contributed by atoms with Gasteiger partial charge in [-0.15, -0.1) is 0 Å². The minimum atomic E-state index is -3.55. The molecule has 0 fully saturated rings. The number of halogens is 2. The molecule has 9 heteroatoms. The van der Waals surface area contributed by atoms with Crippen molar-refractivity contribution in [2.45, 2.75) is 12.6 Å². The number of nitrogens with zero attached hydrogens (tertiary/aromatic N) is 2. The third kappa shape index (κ3) is 4.17. The van der Waals surface area contributed by atoms with Gasteiger partial charge in [0.1, 0.15) is 11.6 Å². The van der Waals surface area contributed by atoms with E-state index in [0.717, 1.165) is 10.6 Å². The molecule has 3 rings (SSSR count). The summed E-state index contributed by atoms with van der Waals surface area (Å²) in [5.41, 5.74) is 0.935. The van der Waals surface area contributed by atoms with Gasteiger partial charge in [-0.2, -0.15) is 4.31 Å². The molecule has 0 spiro atoms. The van der Waals surface area contributed by atoms with E-state index in [9.17, 15) is 22.3 Å². The van der Waals surface area contributed by atoms with Crippen molar-refractivity contribution in [3.05, 3.63) is 48.0 Å². The molecule has 0 amide bonds. The van der Waals surface area contributed by atoms with Gasteiger partial charge in [0, 0.05) is 31.0 Å². The van der Waals surface area contributed by atoms with Gasteiger partial charge in [-0.3, -0.25) is 0 Å². The van der Waals surface area contributed by atoms with Gasteiger partial charge in [-0.1, -0.05) is 6.07 Å². The highest BCUT2D eigenvalue weighted by Crippen LogP contribution is 2.31. The van der Waals surface area contributed by atoms with Crippen LogP contribution in [-0.2, 0) is 21.3 Å². The number of rotatable bonds is 8. The molecule has 0 radical (unpaired) electrons. The van der Waals surface area contributed by atoms with Crippen molar-refractivity contribution in [3.8, 4) is 0 Å². The average Bonchev–Trinajstić information content (AvgIpc) is 2.92. The van der Waals surface area contributed by atoms with Crippen LogP contribution in [-0.4, -0.2) is 61.6 Å². The Morgan fingerprint density at radius 2 is 1.96 bits per heavy atom. The third-order valence-electron chi connectivity index (χ3n) is 4.62. The number of hydrogen-bond donors (Lipinski definition) is 1. The molecule has 152 valence electrons. The Hall–Kier alpha value is -2.07. The van der Waals surface area contributed by atoms with Crippen LogP contribution in [0.2, 0.25) is 0 Å². The fourth-order valence-electron chi connectivity index (χ4n) is 3.36. The number of benzene rings is 2. The molecule has 1 N–H and O–H groups in total. The van der Waals surface area contributed by atoms with Crippen molar-refractivity contribution in [1.29, 1.82) is 0 Å². The van der Waals surface area contributed by atoms with Gasteiger partial charge >= 0.3 is 0 Å². The van der Waals surface area contributed by atoms with E-state index in [1.165, 1.54) is 37.4 Å². The molecule has 1 aromatic heterocycles. The van der Waals surface area contributed by atoms with Crippen LogP contribution in [0.15, 0.2) is 36.4 Å². The zero-order chi connectivity index (χ0) is 20.5. The van der Waals surface area contributed by atoms with Crippen LogP contribution in [0.1, 0.15) is 0 Å². The summed E-state index contributed by atoms with van der Waals surface area (Å²) in [4.78, 5) is 0. The second kappa shape index (κ2) is 8.12. The van der Waals surface area contributed by atoms with E-state index in [2.05, 4.69) is 0 Å².